The van der Waals surface area contributed by atoms with Gasteiger partial charge in [-0.2, -0.15) is 5.06 Å². The second kappa shape index (κ2) is 3.32. The number of nitrogens with zero attached hydrogens (tertiary/aromatic N) is 1. The first-order valence-electron chi connectivity index (χ1n) is 2.92. The van der Waals surface area contributed by atoms with Gasteiger partial charge in [-0.1, -0.05) is 31.9 Å². The van der Waals surface area contributed by atoms with Crippen molar-refractivity contribution >= 4 is 31.9 Å². The first-order valence-corrected chi connectivity index (χ1v) is 4.75. The third kappa shape index (κ3) is 2.18. The number of alkyl halides is 2. The molecular formula is C5H9Br2NO. The second-order valence-electron chi connectivity index (χ2n) is 2.23. The van der Waals surface area contributed by atoms with Gasteiger partial charge in [-0.25, -0.2) is 0 Å². The quantitative estimate of drug-likeness (QED) is 0.668. The van der Waals surface area contributed by atoms with Crippen LogP contribution >= 0.6 is 31.9 Å². The highest BCUT2D eigenvalue weighted by Gasteiger charge is 2.23. The van der Waals surface area contributed by atoms with Crippen molar-refractivity contribution < 1.29 is 5.21 Å². The topological polar surface area (TPSA) is 23.5 Å². The summed E-state index contributed by atoms with van der Waals surface area (Å²) in [4.78, 5) is 0.900. The summed E-state index contributed by atoms with van der Waals surface area (Å²) in [6.45, 7) is 1.49. The van der Waals surface area contributed by atoms with Gasteiger partial charge in [0.1, 0.15) is 0 Å². The first kappa shape index (κ1) is 7.98. The fraction of sp³-hybridized carbons (Fsp3) is 1.00. The molecule has 2 nitrogen and oxygen atoms in total. The number of hydrogen-bond acceptors (Lipinski definition) is 2. The van der Waals surface area contributed by atoms with Crippen molar-refractivity contribution in [2.75, 3.05) is 13.1 Å². The van der Waals surface area contributed by atoms with Gasteiger partial charge in [-0.05, 0) is 6.42 Å². The summed E-state index contributed by atoms with van der Waals surface area (Å²) >= 11 is 6.94. The van der Waals surface area contributed by atoms with Gasteiger partial charge in [0.15, 0.2) is 0 Å². The van der Waals surface area contributed by atoms with E-state index in [1.165, 1.54) is 5.06 Å². The normalized spacial score (nSPS) is 39.0. The van der Waals surface area contributed by atoms with Crippen LogP contribution in [0.25, 0.3) is 0 Å². The summed E-state index contributed by atoms with van der Waals surface area (Å²) in [5.41, 5.74) is 0. The molecule has 0 aromatic rings. The molecule has 0 spiro atoms. The lowest BCUT2D eigenvalue weighted by Crippen LogP contribution is -2.39. The van der Waals surface area contributed by atoms with Crippen LogP contribution in [-0.4, -0.2) is 33.0 Å². The van der Waals surface area contributed by atoms with E-state index in [1.807, 2.05) is 0 Å². The van der Waals surface area contributed by atoms with Crippen LogP contribution in [0.1, 0.15) is 6.42 Å². The van der Waals surface area contributed by atoms with Gasteiger partial charge in [-0.15, -0.1) is 0 Å². The summed E-state index contributed by atoms with van der Waals surface area (Å²) in [6, 6.07) is 0. The zero-order valence-electron chi connectivity index (χ0n) is 4.93. The molecule has 9 heavy (non-hydrogen) atoms. The van der Waals surface area contributed by atoms with Crippen LogP contribution in [0.3, 0.4) is 0 Å². The van der Waals surface area contributed by atoms with Crippen LogP contribution < -0.4 is 0 Å². The van der Waals surface area contributed by atoms with Gasteiger partial charge in [0.2, 0.25) is 0 Å². The average Bonchev–Trinajstić information content (AvgIpc) is 1.80. The van der Waals surface area contributed by atoms with E-state index >= 15 is 0 Å². The van der Waals surface area contributed by atoms with E-state index in [0.29, 0.717) is 9.65 Å². The van der Waals surface area contributed by atoms with E-state index in [2.05, 4.69) is 31.9 Å². The Morgan fingerprint density at radius 3 is 2.44 bits per heavy atom. The molecule has 1 saturated heterocycles. The average molecular weight is 259 g/mol. The molecule has 0 bridgehead atoms. The second-order valence-corrected chi connectivity index (χ2v) is 4.59. The standard InChI is InChI=1S/C5H9Br2NO/c6-4-1-2-8(9)3-5(4)7/h4-5,9H,1-3H2. The number of hydrogen-bond donors (Lipinski definition) is 1. The van der Waals surface area contributed by atoms with Crippen LogP contribution in [0.5, 0.6) is 0 Å². The minimum absolute atomic E-state index is 0.385. The highest BCUT2D eigenvalue weighted by Crippen LogP contribution is 2.22. The molecule has 0 radical (unpaired) electrons. The predicted octanol–water partition coefficient (Wildman–Crippen LogP) is 1.61. The Morgan fingerprint density at radius 1 is 1.33 bits per heavy atom. The lowest BCUT2D eigenvalue weighted by Gasteiger charge is -2.28. The fourth-order valence-electron chi connectivity index (χ4n) is 0.860. The smallest absolute Gasteiger partial charge is 0.0421 e. The van der Waals surface area contributed by atoms with Crippen molar-refractivity contribution in [3.05, 3.63) is 0 Å². The van der Waals surface area contributed by atoms with Gasteiger partial charge < -0.3 is 5.21 Å². The third-order valence-corrected chi connectivity index (χ3v) is 4.17. The molecule has 1 aliphatic heterocycles. The van der Waals surface area contributed by atoms with Gasteiger partial charge in [0.25, 0.3) is 0 Å². The molecule has 0 aliphatic carbocycles. The Bertz CT molecular complexity index is 101. The third-order valence-electron chi connectivity index (χ3n) is 1.44. The minimum Gasteiger partial charge on any atom is -0.314 e. The molecule has 4 heteroatoms. The molecule has 1 fully saturated rings. The molecule has 0 aromatic carbocycles. The molecule has 1 aliphatic rings. The summed E-state index contributed by atoms with van der Waals surface area (Å²) < 4.78 is 0. The predicted molar refractivity (Wildman–Crippen MR) is 43.4 cm³/mol. The van der Waals surface area contributed by atoms with E-state index in [1.54, 1.807) is 0 Å². The Hall–Kier alpha value is 0.880. The minimum atomic E-state index is 0.385. The fourth-order valence-corrected chi connectivity index (χ4v) is 1.83. The maximum Gasteiger partial charge on any atom is 0.0421 e. The highest BCUT2D eigenvalue weighted by atomic mass is 79.9. The number of halogens is 2. The van der Waals surface area contributed by atoms with Crippen LogP contribution in [0.2, 0.25) is 0 Å². The summed E-state index contributed by atoms with van der Waals surface area (Å²) in [6.07, 6.45) is 1.01. The zero-order chi connectivity index (χ0) is 6.85. The van der Waals surface area contributed by atoms with Crippen molar-refractivity contribution in [1.29, 1.82) is 0 Å². The number of piperidine rings is 1. The lowest BCUT2D eigenvalue weighted by atomic mass is 10.2. The Balaban J connectivity index is 2.35. The molecule has 1 rings (SSSR count). The Labute approximate surface area is 71.4 Å². The molecule has 1 heterocycles. The molecule has 1 N–H and O–H groups in total. The largest absolute Gasteiger partial charge is 0.314 e. The lowest BCUT2D eigenvalue weighted by molar-refractivity contribution is -0.0994. The number of hydroxylamine groups is 2. The van der Waals surface area contributed by atoms with Crippen LogP contribution in [0.4, 0.5) is 0 Å². The molecule has 2 atom stereocenters. The van der Waals surface area contributed by atoms with E-state index in [4.69, 9.17) is 5.21 Å². The molecule has 2 unspecified atom stereocenters. The summed E-state index contributed by atoms with van der Waals surface area (Å²) in [5.74, 6) is 0. The Morgan fingerprint density at radius 2 is 2.00 bits per heavy atom. The SMILES string of the molecule is ON1CCC(Br)C(Br)C1. The monoisotopic (exact) mass is 257 g/mol. The first-order chi connectivity index (χ1) is 4.20. The van der Waals surface area contributed by atoms with Crippen molar-refractivity contribution in [1.82, 2.24) is 5.06 Å². The Kier molecular flexibility index (Phi) is 2.95. The van der Waals surface area contributed by atoms with Crippen LogP contribution in [0.15, 0.2) is 0 Å². The molecule has 54 valence electrons. The van der Waals surface area contributed by atoms with Gasteiger partial charge in [0, 0.05) is 22.7 Å². The van der Waals surface area contributed by atoms with Crippen molar-refractivity contribution in [2.45, 2.75) is 16.1 Å². The van der Waals surface area contributed by atoms with Crippen LogP contribution in [-0.2, 0) is 0 Å². The van der Waals surface area contributed by atoms with Gasteiger partial charge in [-0.3, -0.25) is 0 Å². The van der Waals surface area contributed by atoms with Crippen molar-refractivity contribution in [3.8, 4) is 0 Å². The maximum absolute atomic E-state index is 8.98. The van der Waals surface area contributed by atoms with Crippen LogP contribution in [0, 0.1) is 0 Å². The van der Waals surface area contributed by atoms with Crippen molar-refractivity contribution in [2.24, 2.45) is 0 Å². The number of rotatable bonds is 0. The van der Waals surface area contributed by atoms with E-state index in [0.717, 1.165) is 19.5 Å². The van der Waals surface area contributed by atoms with Crippen molar-refractivity contribution in [3.63, 3.8) is 0 Å². The summed E-state index contributed by atoms with van der Waals surface area (Å²) in [5, 5.41) is 10.3. The van der Waals surface area contributed by atoms with E-state index in [-0.39, 0.29) is 0 Å². The molecular weight excluding hydrogens is 250 g/mol. The maximum atomic E-state index is 8.98. The molecule has 0 aromatic heterocycles. The van der Waals surface area contributed by atoms with Gasteiger partial charge in [0.05, 0.1) is 0 Å². The molecule has 0 saturated carbocycles. The zero-order valence-corrected chi connectivity index (χ0v) is 8.10. The highest BCUT2D eigenvalue weighted by molar-refractivity contribution is 9.12. The van der Waals surface area contributed by atoms with Gasteiger partial charge >= 0.3 is 0 Å². The van der Waals surface area contributed by atoms with E-state index < -0.39 is 0 Å². The summed E-state index contributed by atoms with van der Waals surface area (Å²) in [7, 11) is 0. The molecule has 0 amide bonds. The van der Waals surface area contributed by atoms with E-state index in [9.17, 15) is 0 Å².